The first-order valence-electron chi connectivity index (χ1n) is 8.15. The third kappa shape index (κ3) is 2.63. The standard InChI is InChI=1S/C20H22O/c21-20(19-13-18(19)16-5-2-1-3-6-16)12-14-9-10-15-7-4-8-17(15)11-14/h1-3,5-6,9-11,18-21H,4,7-8,12-13H2. The summed E-state index contributed by atoms with van der Waals surface area (Å²) in [4.78, 5) is 0. The van der Waals surface area contributed by atoms with E-state index in [4.69, 9.17) is 0 Å². The molecule has 0 saturated heterocycles. The third-order valence-corrected chi connectivity index (χ3v) is 5.17. The Hall–Kier alpha value is -1.60. The van der Waals surface area contributed by atoms with Gasteiger partial charge in [-0.25, -0.2) is 0 Å². The van der Waals surface area contributed by atoms with Gasteiger partial charge in [-0.05, 0) is 66.2 Å². The first-order valence-corrected chi connectivity index (χ1v) is 8.15. The molecule has 2 aliphatic carbocycles. The zero-order chi connectivity index (χ0) is 14.2. The Balaban J connectivity index is 1.42. The van der Waals surface area contributed by atoms with Crippen molar-refractivity contribution in [3.8, 4) is 0 Å². The second kappa shape index (κ2) is 5.31. The molecule has 2 aliphatic rings. The summed E-state index contributed by atoms with van der Waals surface area (Å²) in [5, 5.41) is 10.5. The van der Waals surface area contributed by atoms with Crippen LogP contribution in [0.2, 0.25) is 0 Å². The molecule has 0 bridgehead atoms. The maximum Gasteiger partial charge on any atom is 0.0614 e. The summed E-state index contributed by atoms with van der Waals surface area (Å²) in [6.45, 7) is 0. The molecule has 0 amide bonds. The van der Waals surface area contributed by atoms with Gasteiger partial charge >= 0.3 is 0 Å². The second-order valence-electron chi connectivity index (χ2n) is 6.64. The molecule has 3 unspecified atom stereocenters. The predicted molar refractivity (Wildman–Crippen MR) is 85.5 cm³/mol. The van der Waals surface area contributed by atoms with Gasteiger partial charge in [0.2, 0.25) is 0 Å². The SMILES string of the molecule is OC(Cc1ccc2c(c1)CCC2)C1CC1c1ccccc1. The van der Waals surface area contributed by atoms with Gasteiger partial charge in [0, 0.05) is 0 Å². The first kappa shape index (κ1) is 13.1. The van der Waals surface area contributed by atoms with Gasteiger partial charge in [0.05, 0.1) is 6.10 Å². The van der Waals surface area contributed by atoms with Crippen LogP contribution in [-0.4, -0.2) is 11.2 Å². The zero-order valence-electron chi connectivity index (χ0n) is 12.3. The first-order chi connectivity index (χ1) is 10.3. The molecule has 4 rings (SSSR count). The van der Waals surface area contributed by atoms with Gasteiger partial charge in [0.15, 0.2) is 0 Å². The molecule has 1 saturated carbocycles. The maximum atomic E-state index is 10.5. The number of rotatable bonds is 4. The fourth-order valence-electron chi connectivity index (χ4n) is 3.87. The Labute approximate surface area is 126 Å². The highest BCUT2D eigenvalue weighted by Gasteiger charge is 2.43. The molecule has 2 aromatic carbocycles. The van der Waals surface area contributed by atoms with Crippen LogP contribution in [-0.2, 0) is 19.3 Å². The van der Waals surface area contributed by atoms with E-state index in [1.807, 2.05) is 0 Å². The molecular formula is C20H22O. The Morgan fingerprint density at radius 3 is 2.67 bits per heavy atom. The van der Waals surface area contributed by atoms with Crippen LogP contribution in [0.1, 0.15) is 41.0 Å². The van der Waals surface area contributed by atoms with Crippen molar-refractivity contribution in [2.24, 2.45) is 5.92 Å². The van der Waals surface area contributed by atoms with Crippen molar-refractivity contribution in [3.05, 3.63) is 70.8 Å². The van der Waals surface area contributed by atoms with Crippen molar-refractivity contribution in [1.29, 1.82) is 0 Å². The van der Waals surface area contributed by atoms with Crippen LogP contribution in [0, 0.1) is 5.92 Å². The van der Waals surface area contributed by atoms with Crippen LogP contribution in [0.4, 0.5) is 0 Å². The minimum atomic E-state index is -0.199. The molecule has 0 heterocycles. The molecular weight excluding hydrogens is 256 g/mol. The lowest BCUT2D eigenvalue weighted by atomic mass is 9.98. The van der Waals surface area contributed by atoms with Gasteiger partial charge in [0.1, 0.15) is 0 Å². The van der Waals surface area contributed by atoms with Crippen molar-refractivity contribution in [2.45, 2.75) is 44.1 Å². The lowest BCUT2D eigenvalue weighted by Crippen LogP contribution is -2.14. The molecule has 1 N–H and O–H groups in total. The highest BCUT2D eigenvalue weighted by Crippen LogP contribution is 2.50. The van der Waals surface area contributed by atoms with E-state index in [1.165, 1.54) is 41.5 Å². The van der Waals surface area contributed by atoms with Crippen molar-refractivity contribution in [2.75, 3.05) is 0 Å². The summed E-state index contributed by atoms with van der Waals surface area (Å²) in [5.41, 5.74) is 5.72. The number of aryl methyl sites for hydroxylation is 2. The van der Waals surface area contributed by atoms with E-state index in [-0.39, 0.29) is 6.10 Å². The van der Waals surface area contributed by atoms with Crippen LogP contribution in [0.25, 0.3) is 0 Å². The van der Waals surface area contributed by atoms with Gasteiger partial charge in [0.25, 0.3) is 0 Å². The van der Waals surface area contributed by atoms with Gasteiger partial charge in [-0.1, -0.05) is 48.5 Å². The lowest BCUT2D eigenvalue weighted by molar-refractivity contribution is 0.149. The molecule has 0 spiro atoms. The number of hydrogen-bond donors (Lipinski definition) is 1. The number of aliphatic hydroxyl groups is 1. The van der Waals surface area contributed by atoms with Crippen LogP contribution in [0.15, 0.2) is 48.5 Å². The van der Waals surface area contributed by atoms with E-state index in [2.05, 4.69) is 48.5 Å². The van der Waals surface area contributed by atoms with E-state index in [0.29, 0.717) is 11.8 Å². The summed E-state index contributed by atoms with van der Waals surface area (Å²) >= 11 is 0. The molecule has 0 radical (unpaired) electrons. The van der Waals surface area contributed by atoms with Crippen molar-refractivity contribution < 1.29 is 5.11 Å². The molecule has 0 aliphatic heterocycles. The fraction of sp³-hybridized carbons (Fsp3) is 0.400. The van der Waals surface area contributed by atoms with Crippen LogP contribution < -0.4 is 0 Å². The number of aliphatic hydroxyl groups excluding tert-OH is 1. The molecule has 2 aromatic rings. The average Bonchev–Trinajstić information content (AvgIpc) is 3.19. The Bertz CT molecular complexity index is 632. The topological polar surface area (TPSA) is 20.2 Å². The minimum absolute atomic E-state index is 0.199. The smallest absolute Gasteiger partial charge is 0.0614 e. The summed E-state index contributed by atoms with van der Waals surface area (Å²) in [5.74, 6) is 1.01. The Morgan fingerprint density at radius 2 is 1.81 bits per heavy atom. The summed E-state index contributed by atoms with van der Waals surface area (Å²) in [7, 11) is 0. The summed E-state index contributed by atoms with van der Waals surface area (Å²) in [6.07, 6.45) is 5.48. The molecule has 1 nitrogen and oxygen atoms in total. The summed E-state index contributed by atoms with van der Waals surface area (Å²) < 4.78 is 0. The normalized spacial score (nSPS) is 24.6. The highest BCUT2D eigenvalue weighted by atomic mass is 16.3. The van der Waals surface area contributed by atoms with Crippen molar-refractivity contribution in [3.63, 3.8) is 0 Å². The number of hydrogen-bond acceptors (Lipinski definition) is 1. The van der Waals surface area contributed by atoms with Gasteiger partial charge < -0.3 is 5.11 Å². The molecule has 108 valence electrons. The van der Waals surface area contributed by atoms with E-state index in [0.717, 1.165) is 12.8 Å². The van der Waals surface area contributed by atoms with E-state index >= 15 is 0 Å². The second-order valence-corrected chi connectivity index (χ2v) is 6.64. The number of benzene rings is 2. The molecule has 1 heteroatoms. The average molecular weight is 278 g/mol. The van der Waals surface area contributed by atoms with E-state index < -0.39 is 0 Å². The Morgan fingerprint density at radius 1 is 1.00 bits per heavy atom. The zero-order valence-corrected chi connectivity index (χ0v) is 12.3. The van der Waals surface area contributed by atoms with E-state index in [1.54, 1.807) is 0 Å². The molecule has 1 fully saturated rings. The van der Waals surface area contributed by atoms with Crippen molar-refractivity contribution in [1.82, 2.24) is 0 Å². The van der Waals surface area contributed by atoms with Gasteiger partial charge in [-0.15, -0.1) is 0 Å². The molecule has 0 aromatic heterocycles. The lowest BCUT2D eigenvalue weighted by Gasteiger charge is -2.12. The quantitative estimate of drug-likeness (QED) is 0.899. The third-order valence-electron chi connectivity index (χ3n) is 5.17. The minimum Gasteiger partial charge on any atom is -0.392 e. The Kier molecular flexibility index (Phi) is 3.31. The largest absolute Gasteiger partial charge is 0.392 e. The fourth-order valence-corrected chi connectivity index (χ4v) is 3.87. The summed E-state index contributed by atoms with van der Waals surface area (Å²) in [6, 6.07) is 17.4. The van der Waals surface area contributed by atoms with Crippen LogP contribution in [0.5, 0.6) is 0 Å². The van der Waals surface area contributed by atoms with Crippen LogP contribution >= 0.6 is 0 Å². The van der Waals surface area contributed by atoms with Crippen LogP contribution in [0.3, 0.4) is 0 Å². The molecule has 3 atom stereocenters. The van der Waals surface area contributed by atoms with Gasteiger partial charge in [-0.2, -0.15) is 0 Å². The van der Waals surface area contributed by atoms with E-state index in [9.17, 15) is 5.11 Å². The highest BCUT2D eigenvalue weighted by molar-refractivity contribution is 5.36. The maximum absolute atomic E-state index is 10.5. The van der Waals surface area contributed by atoms with Gasteiger partial charge in [-0.3, -0.25) is 0 Å². The predicted octanol–water partition coefficient (Wildman–Crippen LogP) is 3.88. The molecule has 21 heavy (non-hydrogen) atoms. The number of fused-ring (bicyclic) bond motifs is 1. The van der Waals surface area contributed by atoms with Crippen molar-refractivity contribution >= 4 is 0 Å². The monoisotopic (exact) mass is 278 g/mol.